The Morgan fingerprint density at radius 2 is 1.97 bits per heavy atom. The van der Waals surface area contributed by atoms with E-state index in [0.717, 1.165) is 33.7 Å². The Morgan fingerprint density at radius 1 is 1.27 bits per heavy atom. The van der Waals surface area contributed by atoms with Crippen LogP contribution in [0.5, 0.6) is 5.75 Å². The van der Waals surface area contributed by atoms with E-state index in [1.165, 1.54) is 24.2 Å². The van der Waals surface area contributed by atoms with Crippen molar-refractivity contribution in [3.63, 3.8) is 0 Å². The van der Waals surface area contributed by atoms with E-state index in [9.17, 15) is 4.79 Å². The molecule has 5 nitrogen and oxygen atoms in total. The molecule has 30 heavy (non-hydrogen) atoms. The highest BCUT2D eigenvalue weighted by Gasteiger charge is 2.18. The fourth-order valence-corrected chi connectivity index (χ4v) is 4.30. The van der Waals surface area contributed by atoms with Gasteiger partial charge in [0.15, 0.2) is 0 Å². The van der Waals surface area contributed by atoms with Crippen LogP contribution in [0.3, 0.4) is 0 Å². The van der Waals surface area contributed by atoms with E-state index in [2.05, 4.69) is 44.6 Å². The second-order valence-electron chi connectivity index (χ2n) is 7.88. The van der Waals surface area contributed by atoms with Crippen molar-refractivity contribution >= 4 is 27.5 Å². The third kappa shape index (κ3) is 7.73. The van der Waals surface area contributed by atoms with Crippen molar-refractivity contribution < 1.29 is 14.3 Å². The van der Waals surface area contributed by atoms with Crippen molar-refractivity contribution in [2.24, 2.45) is 17.8 Å². The Kier molecular flexibility index (Phi) is 11.7. The Labute approximate surface area is 185 Å². The van der Waals surface area contributed by atoms with Crippen LogP contribution in [-0.4, -0.2) is 38.3 Å². The van der Waals surface area contributed by atoms with Crippen molar-refractivity contribution in [1.29, 1.82) is 0 Å². The molecule has 0 fully saturated rings. The zero-order chi connectivity index (χ0) is 22.7. The lowest BCUT2D eigenvalue weighted by atomic mass is 9.86. The molecule has 2 rings (SSSR count). The predicted octanol–water partition coefficient (Wildman–Crippen LogP) is 5.87. The van der Waals surface area contributed by atoms with E-state index in [4.69, 9.17) is 9.47 Å². The number of benzene rings is 1. The number of nitrogens with one attached hydrogen (secondary N) is 1. The molecule has 6 heteroatoms. The molecule has 1 aromatic carbocycles. The number of carbonyl (C=O) groups excluding carboxylic acids is 1. The second kappa shape index (κ2) is 13.4. The first-order chi connectivity index (χ1) is 14.3. The van der Waals surface area contributed by atoms with Crippen LogP contribution in [0, 0.1) is 24.7 Å². The van der Waals surface area contributed by atoms with Crippen LogP contribution in [0.2, 0.25) is 0 Å². The number of carbonyl (C=O) groups is 1. The number of aromatic nitrogens is 1. The van der Waals surface area contributed by atoms with Gasteiger partial charge < -0.3 is 14.8 Å². The SMILES string of the molecule is C=CCNC(=O)c1c(OC)ccc2nc(C)sc12.CCC(C)C(C)CC(C)COC. The number of ether oxygens (including phenoxy) is 2. The number of aryl methyl sites for hydroxylation is 1. The zero-order valence-electron chi connectivity index (χ0n) is 19.6. The summed E-state index contributed by atoms with van der Waals surface area (Å²) in [4.78, 5) is 16.5. The van der Waals surface area contributed by atoms with E-state index in [0.29, 0.717) is 23.8 Å². The summed E-state index contributed by atoms with van der Waals surface area (Å²) in [6, 6.07) is 3.63. The van der Waals surface area contributed by atoms with Gasteiger partial charge >= 0.3 is 0 Å². The summed E-state index contributed by atoms with van der Waals surface area (Å²) in [6.45, 7) is 16.0. The van der Waals surface area contributed by atoms with Crippen molar-refractivity contribution in [1.82, 2.24) is 10.3 Å². The monoisotopic (exact) mass is 434 g/mol. The molecule has 0 aliphatic heterocycles. The summed E-state index contributed by atoms with van der Waals surface area (Å²) < 4.78 is 11.2. The van der Waals surface area contributed by atoms with Gasteiger partial charge in [0.05, 0.1) is 22.3 Å². The number of methoxy groups -OCH3 is 2. The minimum atomic E-state index is -0.166. The van der Waals surface area contributed by atoms with Gasteiger partial charge in [-0.3, -0.25) is 4.79 Å². The minimum Gasteiger partial charge on any atom is -0.496 e. The summed E-state index contributed by atoms with van der Waals surface area (Å²) in [7, 11) is 3.34. The van der Waals surface area contributed by atoms with E-state index in [1.807, 2.05) is 13.0 Å². The molecule has 1 N–H and O–H groups in total. The van der Waals surface area contributed by atoms with E-state index in [-0.39, 0.29) is 5.91 Å². The first-order valence-corrected chi connectivity index (χ1v) is 11.4. The summed E-state index contributed by atoms with van der Waals surface area (Å²) in [5, 5.41) is 3.69. The molecule has 1 heterocycles. The van der Waals surface area contributed by atoms with Crippen molar-refractivity contribution in [3.05, 3.63) is 35.4 Å². The highest BCUT2D eigenvalue weighted by atomic mass is 32.1. The Balaban J connectivity index is 0.000000329. The minimum absolute atomic E-state index is 0.166. The lowest BCUT2D eigenvalue weighted by molar-refractivity contribution is 0.0957. The zero-order valence-corrected chi connectivity index (χ0v) is 20.4. The maximum Gasteiger partial charge on any atom is 0.256 e. The summed E-state index contributed by atoms with van der Waals surface area (Å²) in [5.74, 6) is 2.79. The molecule has 2 aromatic rings. The van der Waals surface area contributed by atoms with Crippen LogP contribution in [0.1, 0.15) is 55.9 Å². The first-order valence-electron chi connectivity index (χ1n) is 10.6. The topological polar surface area (TPSA) is 60.5 Å². The molecule has 0 aliphatic carbocycles. The number of hydrogen-bond donors (Lipinski definition) is 1. The van der Waals surface area contributed by atoms with Gasteiger partial charge in [-0.05, 0) is 43.2 Å². The summed E-state index contributed by atoms with van der Waals surface area (Å²) in [6.07, 6.45) is 4.23. The number of thiazole rings is 1. The molecule has 1 aromatic heterocycles. The average Bonchev–Trinajstić information content (AvgIpc) is 3.11. The van der Waals surface area contributed by atoms with Crippen molar-refractivity contribution in [2.45, 2.75) is 47.5 Å². The number of nitrogens with zero attached hydrogens (tertiary/aromatic N) is 1. The number of rotatable bonds is 10. The average molecular weight is 435 g/mol. The van der Waals surface area contributed by atoms with E-state index in [1.54, 1.807) is 26.4 Å². The molecule has 0 saturated heterocycles. The highest BCUT2D eigenvalue weighted by molar-refractivity contribution is 7.19. The van der Waals surface area contributed by atoms with Crippen LogP contribution >= 0.6 is 11.3 Å². The molecule has 0 saturated carbocycles. The molecular weight excluding hydrogens is 396 g/mol. The van der Waals surface area contributed by atoms with Crippen molar-refractivity contribution in [2.75, 3.05) is 27.4 Å². The highest BCUT2D eigenvalue weighted by Crippen LogP contribution is 2.32. The smallest absolute Gasteiger partial charge is 0.256 e. The number of amides is 1. The first kappa shape index (κ1) is 26.1. The maximum absolute atomic E-state index is 12.1. The quantitative estimate of drug-likeness (QED) is 0.475. The van der Waals surface area contributed by atoms with Gasteiger partial charge in [0.1, 0.15) is 11.3 Å². The lowest BCUT2D eigenvalue weighted by Gasteiger charge is -2.21. The molecular formula is C24H38N2O3S. The maximum atomic E-state index is 12.1. The van der Waals surface area contributed by atoms with Gasteiger partial charge in [-0.25, -0.2) is 4.98 Å². The second-order valence-corrected chi connectivity index (χ2v) is 9.08. The van der Waals surface area contributed by atoms with E-state index >= 15 is 0 Å². The largest absolute Gasteiger partial charge is 0.496 e. The lowest BCUT2D eigenvalue weighted by Crippen LogP contribution is -2.23. The molecule has 1 amide bonds. The Morgan fingerprint density at radius 3 is 2.53 bits per heavy atom. The van der Waals surface area contributed by atoms with Crippen LogP contribution in [0.15, 0.2) is 24.8 Å². The molecule has 0 radical (unpaired) electrons. The van der Waals surface area contributed by atoms with Gasteiger partial charge in [0, 0.05) is 20.3 Å². The van der Waals surface area contributed by atoms with Gasteiger partial charge in [-0.15, -0.1) is 17.9 Å². The van der Waals surface area contributed by atoms with Gasteiger partial charge in [0.2, 0.25) is 0 Å². The molecule has 168 valence electrons. The fraction of sp³-hybridized carbons (Fsp3) is 0.583. The molecule has 0 aliphatic rings. The Hall–Kier alpha value is -1.92. The van der Waals surface area contributed by atoms with Gasteiger partial charge in [-0.1, -0.05) is 40.2 Å². The molecule has 3 atom stereocenters. The van der Waals surface area contributed by atoms with Crippen LogP contribution < -0.4 is 10.1 Å². The van der Waals surface area contributed by atoms with E-state index < -0.39 is 0 Å². The number of fused-ring (bicyclic) bond motifs is 1. The Bertz CT molecular complexity index is 803. The van der Waals surface area contributed by atoms with Gasteiger partial charge in [0.25, 0.3) is 5.91 Å². The van der Waals surface area contributed by atoms with Crippen LogP contribution in [0.25, 0.3) is 10.2 Å². The standard InChI is InChI=1S/C13H14N2O2S.C11H24O/c1-4-7-14-13(16)11-10(17-3)6-5-9-12(11)18-8(2)15-9;1-6-10(3)11(4)7-9(2)8-12-5/h4-6H,1,7H2,2-3H3,(H,14,16);9-11H,6-8H2,1-5H3. The molecule has 3 unspecified atom stereocenters. The molecule has 0 spiro atoms. The van der Waals surface area contributed by atoms with Crippen molar-refractivity contribution in [3.8, 4) is 5.75 Å². The third-order valence-corrected chi connectivity index (χ3v) is 6.33. The molecule has 0 bridgehead atoms. The fourth-order valence-electron chi connectivity index (χ4n) is 3.35. The third-order valence-electron chi connectivity index (χ3n) is 5.32. The normalized spacial score (nSPS) is 13.7. The van der Waals surface area contributed by atoms with Crippen LogP contribution in [0.4, 0.5) is 0 Å². The summed E-state index contributed by atoms with van der Waals surface area (Å²) >= 11 is 1.49. The van der Waals surface area contributed by atoms with Gasteiger partial charge in [-0.2, -0.15) is 0 Å². The predicted molar refractivity (Wildman–Crippen MR) is 128 cm³/mol. The summed E-state index contributed by atoms with van der Waals surface area (Å²) in [5.41, 5.74) is 1.37. The van der Waals surface area contributed by atoms with Crippen LogP contribution in [-0.2, 0) is 4.74 Å². The number of hydrogen-bond acceptors (Lipinski definition) is 5.